The molecule has 96 valence electrons. The van der Waals surface area contributed by atoms with Crippen LogP contribution in [0.4, 0.5) is 0 Å². The van der Waals surface area contributed by atoms with Gasteiger partial charge in [-0.1, -0.05) is 50.5 Å². The average Bonchev–Trinajstić information content (AvgIpc) is 2.66. The molecule has 0 spiro atoms. The van der Waals surface area contributed by atoms with Gasteiger partial charge in [-0.05, 0) is 17.8 Å². The predicted octanol–water partition coefficient (Wildman–Crippen LogP) is 3.71. The Morgan fingerprint density at radius 2 is 2.00 bits per heavy atom. The van der Waals surface area contributed by atoms with E-state index in [1.54, 1.807) is 0 Å². The van der Waals surface area contributed by atoms with Gasteiger partial charge in [0.2, 0.25) is 0 Å². The molecule has 18 heavy (non-hydrogen) atoms. The quantitative estimate of drug-likeness (QED) is 0.809. The molecule has 1 aromatic heterocycles. The maximum absolute atomic E-state index is 3.89. The number of hydrogen-bond acceptors (Lipinski definition) is 1. The van der Waals surface area contributed by atoms with Crippen LogP contribution in [-0.4, -0.2) is 18.8 Å². The number of benzene rings is 1. The van der Waals surface area contributed by atoms with Gasteiger partial charge in [-0.2, -0.15) is 0 Å². The van der Waals surface area contributed by atoms with Crippen molar-refractivity contribution in [1.29, 1.82) is 0 Å². The summed E-state index contributed by atoms with van der Waals surface area (Å²) in [5.41, 5.74) is 2.48. The number of rotatable bonds is 5. The van der Waals surface area contributed by atoms with Gasteiger partial charge in [0, 0.05) is 17.1 Å². The molecule has 0 unspecified atom stereocenters. The van der Waals surface area contributed by atoms with Crippen molar-refractivity contribution in [3.8, 4) is 0 Å². The zero-order valence-electron chi connectivity index (χ0n) is 11.5. The van der Waals surface area contributed by atoms with Gasteiger partial charge in [0.15, 0.2) is 0 Å². The molecular weight excluding hydrogens is 236 g/mol. The first kappa shape index (κ1) is 13.1. The Hall–Kier alpha value is -1.32. The van der Waals surface area contributed by atoms with Crippen molar-refractivity contribution in [3.63, 3.8) is 0 Å². The maximum atomic E-state index is 3.89. The lowest BCUT2D eigenvalue weighted by atomic mass is 10.2. The van der Waals surface area contributed by atoms with Crippen molar-refractivity contribution in [2.45, 2.75) is 26.3 Å². The molecule has 0 saturated carbocycles. The van der Waals surface area contributed by atoms with Crippen molar-refractivity contribution in [2.24, 2.45) is 0 Å². The summed E-state index contributed by atoms with van der Waals surface area (Å²) in [6, 6.07) is 8.49. The molecule has 0 aliphatic heterocycles. The van der Waals surface area contributed by atoms with Gasteiger partial charge in [0.05, 0.1) is 14.7 Å². The lowest BCUT2D eigenvalue weighted by molar-refractivity contribution is 0.617. The highest BCUT2D eigenvalue weighted by atomic mass is 28.3. The molecule has 0 radical (unpaired) electrons. The maximum Gasteiger partial charge on any atom is 0.0723 e. The summed E-state index contributed by atoms with van der Waals surface area (Å²) >= 11 is 0. The topological polar surface area (TPSA) is 17.0 Å². The van der Waals surface area contributed by atoms with Crippen molar-refractivity contribution in [3.05, 3.63) is 42.6 Å². The fourth-order valence-corrected chi connectivity index (χ4v) is 2.98. The minimum atomic E-state index is -1.02. The lowest BCUT2D eigenvalue weighted by Crippen LogP contribution is -2.37. The summed E-state index contributed by atoms with van der Waals surface area (Å²) in [5.74, 6) is 0. The van der Waals surface area contributed by atoms with E-state index in [1.807, 2.05) is 6.08 Å². The van der Waals surface area contributed by atoms with Gasteiger partial charge < -0.3 is 9.88 Å². The highest BCUT2D eigenvalue weighted by Gasteiger charge is 2.12. The second-order valence-electron chi connectivity index (χ2n) is 5.92. The van der Waals surface area contributed by atoms with Crippen LogP contribution in [0.2, 0.25) is 19.6 Å². The Labute approximate surface area is 110 Å². The fraction of sp³-hybridized carbons (Fsp3) is 0.333. The summed E-state index contributed by atoms with van der Waals surface area (Å²) in [4.78, 5) is 0. The number of fused-ring (bicyclic) bond motifs is 1. The molecule has 0 saturated heterocycles. The van der Waals surface area contributed by atoms with Gasteiger partial charge in [-0.25, -0.2) is 0 Å². The van der Waals surface area contributed by atoms with Crippen LogP contribution < -0.4 is 5.32 Å². The third kappa shape index (κ3) is 2.92. The van der Waals surface area contributed by atoms with Crippen LogP contribution in [0.25, 0.3) is 17.0 Å². The van der Waals surface area contributed by atoms with E-state index in [2.05, 4.69) is 66.6 Å². The number of para-hydroxylation sites is 1. The van der Waals surface area contributed by atoms with E-state index in [0.717, 1.165) is 12.8 Å². The largest absolute Gasteiger partial charge is 0.334 e. The zero-order valence-corrected chi connectivity index (χ0v) is 12.5. The molecule has 0 fully saturated rings. The van der Waals surface area contributed by atoms with Gasteiger partial charge in [-0.15, -0.1) is 0 Å². The second-order valence-corrected chi connectivity index (χ2v) is 11.4. The number of nitrogens with one attached hydrogen (secondary N) is 1. The Bertz CT molecular complexity index is 549. The molecule has 2 nitrogen and oxygen atoms in total. The van der Waals surface area contributed by atoms with Crippen molar-refractivity contribution in [1.82, 2.24) is 9.88 Å². The van der Waals surface area contributed by atoms with Crippen LogP contribution in [-0.2, 0) is 6.67 Å². The monoisotopic (exact) mass is 258 g/mol. The molecule has 0 aliphatic rings. The first-order valence-electron chi connectivity index (χ1n) is 6.42. The summed E-state index contributed by atoms with van der Waals surface area (Å²) in [6.07, 6.45) is 5.25. The molecular formula is C15H22N2Si. The van der Waals surface area contributed by atoms with E-state index in [1.165, 1.54) is 16.5 Å². The van der Waals surface area contributed by atoms with Crippen LogP contribution in [0, 0.1) is 0 Å². The van der Waals surface area contributed by atoms with E-state index in [-0.39, 0.29) is 0 Å². The molecule has 0 aliphatic carbocycles. The molecule has 2 aromatic rings. The molecule has 2 rings (SSSR count). The Kier molecular flexibility index (Phi) is 3.73. The normalized spacial score (nSPS) is 11.9. The van der Waals surface area contributed by atoms with Crippen LogP contribution in [0.3, 0.4) is 0 Å². The summed E-state index contributed by atoms with van der Waals surface area (Å²) < 4.78 is 2.27. The molecule has 0 atom stereocenters. The lowest BCUT2D eigenvalue weighted by Gasteiger charge is -2.17. The summed E-state index contributed by atoms with van der Waals surface area (Å²) in [5, 5.41) is 4.84. The SMILES string of the molecule is C=Cc1cn(CNC[Si](C)(C)C)c2ccccc12. The Morgan fingerprint density at radius 3 is 2.67 bits per heavy atom. The van der Waals surface area contributed by atoms with Crippen molar-refractivity contribution >= 4 is 25.1 Å². The van der Waals surface area contributed by atoms with E-state index >= 15 is 0 Å². The first-order chi connectivity index (χ1) is 8.51. The highest BCUT2D eigenvalue weighted by Crippen LogP contribution is 2.21. The minimum absolute atomic E-state index is 0.874. The van der Waals surface area contributed by atoms with E-state index < -0.39 is 8.07 Å². The average molecular weight is 258 g/mol. The standard InChI is InChI=1S/C15H22N2Si/c1-5-13-10-17(11-16-12-18(2,3)4)15-9-7-6-8-14(13)15/h5-10,16H,1,11-12H2,2-4H3. The van der Waals surface area contributed by atoms with Crippen LogP contribution in [0.15, 0.2) is 37.0 Å². The molecule has 1 N–H and O–H groups in total. The number of hydrogen-bond donors (Lipinski definition) is 1. The van der Waals surface area contributed by atoms with E-state index in [0.29, 0.717) is 0 Å². The first-order valence-corrected chi connectivity index (χ1v) is 10.1. The molecule has 1 heterocycles. The Morgan fingerprint density at radius 1 is 1.28 bits per heavy atom. The number of nitrogens with zero attached hydrogens (tertiary/aromatic N) is 1. The van der Waals surface area contributed by atoms with Gasteiger partial charge in [-0.3, -0.25) is 0 Å². The molecule has 3 heteroatoms. The molecule has 1 aromatic carbocycles. The van der Waals surface area contributed by atoms with E-state index in [9.17, 15) is 0 Å². The third-order valence-electron chi connectivity index (χ3n) is 2.98. The smallest absolute Gasteiger partial charge is 0.0723 e. The van der Waals surface area contributed by atoms with Gasteiger partial charge in [0.25, 0.3) is 0 Å². The second kappa shape index (κ2) is 5.12. The predicted molar refractivity (Wildman–Crippen MR) is 83.4 cm³/mol. The third-order valence-corrected chi connectivity index (χ3v) is 4.29. The summed E-state index contributed by atoms with van der Waals surface area (Å²) in [6.45, 7) is 11.9. The van der Waals surface area contributed by atoms with E-state index in [4.69, 9.17) is 0 Å². The summed E-state index contributed by atoms with van der Waals surface area (Å²) in [7, 11) is -1.02. The van der Waals surface area contributed by atoms with Crippen molar-refractivity contribution in [2.75, 3.05) is 6.17 Å². The fourth-order valence-electron chi connectivity index (χ4n) is 2.12. The Balaban J connectivity index is 2.21. The minimum Gasteiger partial charge on any atom is -0.334 e. The zero-order chi connectivity index (χ0) is 13.2. The van der Waals surface area contributed by atoms with Gasteiger partial charge >= 0.3 is 0 Å². The van der Waals surface area contributed by atoms with Crippen LogP contribution in [0.5, 0.6) is 0 Å². The van der Waals surface area contributed by atoms with Crippen molar-refractivity contribution < 1.29 is 0 Å². The molecule has 0 amide bonds. The number of aromatic nitrogens is 1. The highest BCUT2D eigenvalue weighted by molar-refractivity contribution is 6.76. The van der Waals surface area contributed by atoms with Crippen LogP contribution >= 0.6 is 0 Å². The van der Waals surface area contributed by atoms with Crippen LogP contribution in [0.1, 0.15) is 5.56 Å². The van der Waals surface area contributed by atoms with Gasteiger partial charge in [0.1, 0.15) is 0 Å². The molecule has 0 bridgehead atoms.